The Morgan fingerprint density at radius 3 is 2.56 bits per heavy atom. The first kappa shape index (κ1) is 21.3. The summed E-state index contributed by atoms with van der Waals surface area (Å²) in [6, 6.07) is 3.17. The van der Waals surface area contributed by atoms with Crippen molar-refractivity contribution in [1.29, 1.82) is 0 Å². The number of nitrogens with one attached hydrogen (secondary N) is 2. The van der Waals surface area contributed by atoms with Gasteiger partial charge in [0.25, 0.3) is 0 Å². The van der Waals surface area contributed by atoms with Gasteiger partial charge in [-0.25, -0.2) is 4.99 Å². The molecule has 0 amide bonds. The number of nitrogens with zero attached hydrogens (tertiary/aromatic N) is 4. The summed E-state index contributed by atoms with van der Waals surface area (Å²) >= 11 is 18.1. The molecule has 10 heteroatoms. The summed E-state index contributed by atoms with van der Waals surface area (Å²) in [4.78, 5) is 4.50. The van der Waals surface area contributed by atoms with Gasteiger partial charge in [-0.1, -0.05) is 40.9 Å². The van der Waals surface area contributed by atoms with Crippen molar-refractivity contribution in [3.63, 3.8) is 0 Å². The maximum absolute atomic E-state index is 6.10. The summed E-state index contributed by atoms with van der Waals surface area (Å²) in [5.41, 5.74) is 0. The Morgan fingerprint density at radius 2 is 1.96 bits per heavy atom. The summed E-state index contributed by atoms with van der Waals surface area (Å²) in [7, 11) is 1.90. The van der Waals surface area contributed by atoms with Crippen LogP contribution in [0.4, 0.5) is 0 Å². The van der Waals surface area contributed by atoms with E-state index in [1.54, 1.807) is 18.2 Å². The van der Waals surface area contributed by atoms with Crippen LogP contribution >= 0.6 is 34.8 Å². The van der Waals surface area contributed by atoms with E-state index in [2.05, 4.69) is 32.4 Å². The molecule has 0 aliphatic carbocycles. The highest BCUT2D eigenvalue weighted by Gasteiger charge is 2.09. The van der Waals surface area contributed by atoms with Crippen LogP contribution in [0.1, 0.15) is 11.6 Å². The van der Waals surface area contributed by atoms with Gasteiger partial charge in [-0.3, -0.25) is 0 Å². The van der Waals surface area contributed by atoms with E-state index in [1.165, 1.54) is 0 Å². The molecule has 1 heterocycles. The molecule has 0 aliphatic rings. The van der Waals surface area contributed by atoms with Crippen molar-refractivity contribution in [3.8, 4) is 5.75 Å². The lowest BCUT2D eigenvalue weighted by molar-refractivity contribution is 0.322. The summed E-state index contributed by atoms with van der Waals surface area (Å²) in [5, 5.41) is 15.6. The Bertz CT molecular complexity index is 798. The molecular formula is C17H21Cl3N6O. The molecule has 1 aromatic heterocycles. The van der Waals surface area contributed by atoms with Gasteiger partial charge >= 0.3 is 0 Å². The SMILES string of the molecule is C=CCNC(=NCc1nnc(C)n1C)NCCOc1c(Cl)cc(Cl)cc1Cl. The minimum atomic E-state index is 0.332. The van der Waals surface area contributed by atoms with Crippen LogP contribution in [-0.2, 0) is 13.6 Å². The van der Waals surface area contributed by atoms with Gasteiger partial charge in [0, 0.05) is 18.6 Å². The number of aryl methyl sites for hydroxylation is 1. The Hall–Kier alpha value is -1.96. The van der Waals surface area contributed by atoms with Crippen LogP contribution < -0.4 is 15.4 Å². The maximum Gasteiger partial charge on any atom is 0.192 e. The third-order valence-electron chi connectivity index (χ3n) is 3.58. The predicted octanol–water partition coefficient (Wildman–Crippen LogP) is 3.38. The molecule has 146 valence electrons. The Kier molecular flexibility index (Phi) is 8.22. The minimum absolute atomic E-state index is 0.332. The average Bonchev–Trinajstić information content (AvgIpc) is 2.93. The van der Waals surface area contributed by atoms with Gasteiger partial charge in [0.05, 0.1) is 16.6 Å². The molecular weight excluding hydrogens is 411 g/mol. The van der Waals surface area contributed by atoms with Crippen molar-refractivity contribution in [1.82, 2.24) is 25.4 Å². The van der Waals surface area contributed by atoms with Crippen LogP contribution in [0.2, 0.25) is 15.1 Å². The lowest BCUT2D eigenvalue weighted by Gasteiger charge is -2.13. The molecule has 1 aromatic carbocycles. The van der Waals surface area contributed by atoms with Crippen LogP contribution in [0.5, 0.6) is 5.75 Å². The van der Waals surface area contributed by atoms with Crippen LogP contribution in [0.3, 0.4) is 0 Å². The molecule has 0 saturated carbocycles. The highest BCUT2D eigenvalue weighted by Crippen LogP contribution is 2.35. The zero-order valence-electron chi connectivity index (χ0n) is 15.1. The fourth-order valence-corrected chi connectivity index (χ4v) is 3.00. The number of aromatic nitrogens is 3. The van der Waals surface area contributed by atoms with Gasteiger partial charge < -0.3 is 19.9 Å². The Morgan fingerprint density at radius 1 is 1.26 bits per heavy atom. The van der Waals surface area contributed by atoms with Crippen LogP contribution in [0.25, 0.3) is 0 Å². The van der Waals surface area contributed by atoms with Crippen LogP contribution in [-0.4, -0.2) is 40.4 Å². The number of hydrogen-bond donors (Lipinski definition) is 2. The molecule has 0 spiro atoms. The molecule has 7 nitrogen and oxygen atoms in total. The molecule has 0 radical (unpaired) electrons. The quantitative estimate of drug-likeness (QED) is 0.290. The van der Waals surface area contributed by atoms with E-state index in [0.29, 0.717) is 53.0 Å². The second-order valence-corrected chi connectivity index (χ2v) is 6.78. The van der Waals surface area contributed by atoms with Crippen molar-refractivity contribution >= 4 is 40.8 Å². The molecule has 0 saturated heterocycles. The van der Waals surface area contributed by atoms with Crippen molar-refractivity contribution < 1.29 is 4.74 Å². The van der Waals surface area contributed by atoms with Crippen molar-refractivity contribution in [2.75, 3.05) is 19.7 Å². The van der Waals surface area contributed by atoms with Gasteiger partial charge in [-0.2, -0.15) is 0 Å². The van der Waals surface area contributed by atoms with Crippen LogP contribution in [0.15, 0.2) is 29.8 Å². The molecule has 2 N–H and O–H groups in total. The van der Waals surface area contributed by atoms with Gasteiger partial charge in [0.1, 0.15) is 19.0 Å². The summed E-state index contributed by atoms with van der Waals surface area (Å²) < 4.78 is 7.54. The van der Waals surface area contributed by atoms with E-state index in [4.69, 9.17) is 39.5 Å². The van der Waals surface area contributed by atoms with E-state index in [9.17, 15) is 0 Å². The fourth-order valence-electron chi connectivity index (χ4n) is 2.07. The lowest BCUT2D eigenvalue weighted by atomic mass is 10.3. The largest absolute Gasteiger partial charge is 0.489 e. The average molecular weight is 432 g/mol. The summed E-state index contributed by atoms with van der Waals surface area (Å²) in [6.45, 7) is 7.35. The van der Waals surface area contributed by atoms with E-state index in [1.807, 2.05) is 18.5 Å². The summed E-state index contributed by atoms with van der Waals surface area (Å²) in [5.74, 6) is 2.60. The number of rotatable bonds is 8. The van der Waals surface area contributed by atoms with Gasteiger partial charge in [0.2, 0.25) is 0 Å². The first-order valence-corrected chi connectivity index (χ1v) is 9.31. The predicted molar refractivity (Wildman–Crippen MR) is 110 cm³/mol. The standard InChI is InChI=1S/C17H21Cl3N6O/c1-4-5-21-17(23-10-15-25-24-11(2)26(15)3)22-6-7-27-16-13(19)8-12(18)9-14(16)20/h4,8-9H,1,5-7,10H2,2-3H3,(H2,21,22,23). The lowest BCUT2D eigenvalue weighted by Crippen LogP contribution is -2.39. The second kappa shape index (κ2) is 10.4. The third-order valence-corrected chi connectivity index (χ3v) is 4.36. The number of halogens is 3. The maximum atomic E-state index is 6.10. The smallest absolute Gasteiger partial charge is 0.192 e. The van der Waals surface area contributed by atoms with Crippen LogP contribution in [0, 0.1) is 6.92 Å². The monoisotopic (exact) mass is 430 g/mol. The number of hydrogen-bond acceptors (Lipinski definition) is 4. The van der Waals surface area contributed by atoms with E-state index in [-0.39, 0.29) is 0 Å². The second-order valence-electron chi connectivity index (χ2n) is 5.53. The first-order valence-electron chi connectivity index (χ1n) is 8.17. The van der Waals surface area contributed by atoms with Gasteiger partial charge in [0.15, 0.2) is 17.5 Å². The highest BCUT2D eigenvalue weighted by atomic mass is 35.5. The van der Waals surface area contributed by atoms with Crippen molar-refractivity contribution in [2.45, 2.75) is 13.5 Å². The zero-order valence-corrected chi connectivity index (χ0v) is 17.4. The Labute approximate surface area is 173 Å². The van der Waals surface area contributed by atoms with E-state index in [0.717, 1.165) is 11.6 Å². The fraction of sp³-hybridized carbons (Fsp3) is 0.353. The van der Waals surface area contributed by atoms with Crippen molar-refractivity contribution in [3.05, 3.63) is 51.5 Å². The number of guanidine groups is 1. The molecule has 2 rings (SSSR count). The first-order chi connectivity index (χ1) is 12.9. The minimum Gasteiger partial charge on any atom is -0.489 e. The highest BCUT2D eigenvalue weighted by molar-refractivity contribution is 6.40. The zero-order chi connectivity index (χ0) is 19.8. The van der Waals surface area contributed by atoms with E-state index < -0.39 is 0 Å². The number of aliphatic imine (C=N–C) groups is 1. The van der Waals surface area contributed by atoms with Gasteiger partial charge in [-0.05, 0) is 19.1 Å². The van der Waals surface area contributed by atoms with Gasteiger partial charge in [-0.15, -0.1) is 16.8 Å². The molecule has 2 aromatic rings. The summed E-state index contributed by atoms with van der Waals surface area (Å²) in [6.07, 6.45) is 1.74. The molecule has 27 heavy (non-hydrogen) atoms. The van der Waals surface area contributed by atoms with E-state index >= 15 is 0 Å². The number of ether oxygens (including phenoxy) is 1. The molecule has 0 atom stereocenters. The topological polar surface area (TPSA) is 76.4 Å². The normalized spacial score (nSPS) is 11.4. The number of benzene rings is 1. The molecule has 0 bridgehead atoms. The molecule has 0 unspecified atom stereocenters. The van der Waals surface area contributed by atoms with Crippen molar-refractivity contribution in [2.24, 2.45) is 12.0 Å². The third kappa shape index (κ3) is 6.30. The molecule has 0 fully saturated rings. The molecule has 0 aliphatic heterocycles. The Balaban J connectivity index is 1.91.